The number of amides is 3. The van der Waals surface area contributed by atoms with E-state index >= 15 is 0 Å². The number of hydrogen-bond donors (Lipinski definition) is 2. The minimum absolute atomic E-state index is 0.0253. The van der Waals surface area contributed by atoms with E-state index in [1.165, 1.54) is 10.8 Å². The van der Waals surface area contributed by atoms with Gasteiger partial charge in [-0.15, -0.1) is 0 Å². The molecular formula is C19H25ClN4O6S. The van der Waals surface area contributed by atoms with E-state index in [0.29, 0.717) is 17.7 Å². The van der Waals surface area contributed by atoms with E-state index in [9.17, 15) is 22.8 Å². The second-order valence-electron chi connectivity index (χ2n) is 7.74. The molecular weight excluding hydrogens is 448 g/mol. The fourth-order valence-electron chi connectivity index (χ4n) is 3.72. The third-order valence-electron chi connectivity index (χ3n) is 5.30. The number of esters is 1. The van der Waals surface area contributed by atoms with E-state index in [-0.39, 0.29) is 28.7 Å². The van der Waals surface area contributed by atoms with Crippen LogP contribution < -0.4 is 10.6 Å². The lowest BCUT2D eigenvalue weighted by atomic mass is 10.2. The average molecular weight is 473 g/mol. The fourth-order valence-corrected chi connectivity index (χ4v) is 5.79. The number of nitrogens with one attached hydrogen (secondary N) is 2. The molecule has 0 aromatic carbocycles. The first-order valence-electron chi connectivity index (χ1n) is 10.0. The molecule has 0 spiro atoms. The zero-order valence-electron chi connectivity index (χ0n) is 17.1. The van der Waals surface area contributed by atoms with Gasteiger partial charge in [0, 0.05) is 17.7 Å². The van der Waals surface area contributed by atoms with Crippen molar-refractivity contribution in [2.24, 2.45) is 0 Å². The number of carbonyl (C=O) groups excluding carboxylic acids is 3. The number of nitrogens with zero attached hydrogens (tertiary/aromatic N) is 2. The number of rotatable bonds is 6. The van der Waals surface area contributed by atoms with Crippen LogP contribution in [0.2, 0.25) is 5.15 Å². The van der Waals surface area contributed by atoms with Crippen molar-refractivity contribution >= 4 is 45.4 Å². The van der Waals surface area contributed by atoms with Gasteiger partial charge in [-0.2, -0.15) is 5.10 Å². The van der Waals surface area contributed by atoms with Gasteiger partial charge in [-0.1, -0.05) is 24.4 Å². The Labute approximate surface area is 185 Å². The second-order valence-corrected chi connectivity index (χ2v) is 10.3. The molecule has 1 aliphatic heterocycles. The van der Waals surface area contributed by atoms with Gasteiger partial charge < -0.3 is 10.1 Å². The van der Waals surface area contributed by atoms with Crippen molar-refractivity contribution in [3.63, 3.8) is 0 Å². The summed E-state index contributed by atoms with van der Waals surface area (Å²) >= 11 is 6.33. The standard InChI is InChI=1S/C19H25ClN4O6S/c1-12-15(18(20)24(23-12)14-8-9-31(28,29)11-14)6-7-17(26)30-10-16(25)22-19(27)21-13-4-2-3-5-13/h6-7,13-14H,2-5,8-11H2,1H3,(H2,21,22,25,27)/b7-6+/t14-/m1/s1. The Morgan fingerprint density at radius 1 is 1.26 bits per heavy atom. The van der Waals surface area contributed by atoms with Crippen LogP contribution >= 0.6 is 11.6 Å². The molecule has 0 radical (unpaired) electrons. The molecule has 1 atom stereocenters. The lowest BCUT2D eigenvalue weighted by Crippen LogP contribution is -2.44. The van der Waals surface area contributed by atoms with Crippen molar-refractivity contribution in [2.75, 3.05) is 18.1 Å². The summed E-state index contributed by atoms with van der Waals surface area (Å²) in [6, 6.07) is -0.881. The van der Waals surface area contributed by atoms with Crippen LogP contribution in [0.4, 0.5) is 4.79 Å². The third-order valence-corrected chi connectivity index (χ3v) is 7.43. The van der Waals surface area contributed by atoms with Crippen molar-refractivity contribution in [3.05, 3.63) is 22.5 Å². The summed E-state index contributed by atoms with van der Waals surface area (Å²) in [7, 11) is -3.10. The summed E-state index contributed by atoms with van der Waals surface area (Å²) in [6.07, 6.45) is 6.79. The van der Waals surface area contributed by atoms with Crippen LogP contribution in [0, 0.1) is 6.92 Å². The Morgan fingerprint density at radius 3 is 2.61 bits per heavy atom. The van der Waals surface area contributed by atoms with Crippen molar-refractivity contribution in [2.45, 2.75) is 51.1 Å². The molecule has 2 heterocycles. The highest BCUT2D eigenvalue weighted by atomic mass is 35.5. The molecule has 170 valence electrons. The maximum Gasteiger partial charge on any atom is 0.331 e. The summed E-state index contributed by atoms with van der Waals surface area (Å²) in [5.41, 5.74) is 0.989. The van der Waals surface area contributed by atoms with Crippen LogP contribution in [0.5, 0.6) is 0 Å². The zero-order chi connectivity index (χ0) is 22.6. The van der Waals surface area contributed by atoms with E-state index < -0.39 is 34.4 Å². The molecule has 10 nitrogen and oxygen atoms in total. The molecule has 1 saturated carbocycles. The third kappa shape index (κ3) is 6.30. The van der Waals surface area contributed by atoms with Gasteiger partial charge in [0.25, 0.3) is 5.91 Å². The summed E-state index contributed by atoms with van der Waals surface area (Å²) < 4.78 is 29.7. The largest absolute Gasteiger partial charge is 0.452 e. The topological polar surface area (TPSA) is 136 Å². The molecule has 3 rings (SSSR count). The van der Waals surface area contributed by atoms with Crippen LogP contribution in [0.1, 0.15) is 49.4 Å². The molecule has 3 amide bonds. The first-order chi connectivity index (χ1) is 14.6. The van der Waals surface area contributed by atoms with E-state index in [0.717, 1.165) is 31.8 Å². The van der Waals surface area contributed by atoms with Crippen molar-refractivity contribution in [3.8, 4) is 0 Å². The highest BCUT2D eigenvalue weighted by Gasteiger charge is 2.31. The number of sulfone groups is 1. The normalized spacial score (nSPS) is 20.8. The number of aromatic nitrogens is 2. The Morgan fingerprint density at radius 2 is 1.97 bits per heavy atom. The predicted molar refractivity (Wildman–Crippen MR) is 113 cm³/mol. The van der Waals surface area contributed by atoms with Gasteiger partial charge in [-0.3, -0.25) is 10.1 Å². The Balaban J connectivity index is 1.49. The van der Waals surface area contributed by atoms with Crippen LogP contribution in [0.15, 0.2) is 6.08 Å². The molecule has 1 aliphatic carbocycles. The summed E-state index contributed by atoms with van der Waals surface area (Å²) in [4.78, 5) is 35.4. The zero-order valence-corrected chi connectivity index (χ0v) is 18.7. The maximum atomic E-state index is 11.9. The Kier molecular flexibility index (Phi) is 7.37. The number of urea groups is 1. The minimum Gasteiger partial charge on any atom is -0.452 e. The average Bonchev–Trinajstić information content (AvgIpc) is 3.39. The highest BCUT2D eigenvalue weighted by molar-refractivity contribution is 7.91. The highest BCUT2D eigenvalue weighted by Crippen LogP contribution is 2.30. The smallest absolute Gasteiger partial charge is 0.331 e. The van der Waals surface area contributed by atoms with Gasteiger partial charge in [0.05, 0.1) is 23.2 Å². The monoisotopic (exact) mass is 472 g/mol. The molecule has 12 heteroatoms. The molecule has 1 aromatic heterocycles. The first kappa shape index (κ1) is 23.3. The van der Waals surface area contributed by atoms with E-state index in [2.05, 4.69) is 15.7 Å². The van der Waals surface area contributed by atoms with Crippen LogP contribution in [-0.2, 0) is 24.2 Å². The summed E-state index contributed by atoms with van der Waals surface area (Å²) in [5.74, 6) is -1.46. The minimum atomic E-state index is -3.10. The molecule has 31 heavy (non-hydrogen) atoms. The quantitative estimate of drug-likeness (QED) is 0.473. The van der Waals surface area contributed by atoms with Crippen LogP contribution in [0.3, 0.4) is 0 Å². The molecule has 1 aromatic rings. The van der Waals surface area contributed by atoms with Crippen LogP contribution in [-0.4, -0.2) is 60.3 Å². The number of imide groups is 1. The summed E-state index contributed by atoms with van der Waals surface area (Å²) in [6.45, 7) is 1.08. The predicted octanol–water partition coefficient (Wildman–Crippen LogP) is 1.53. The molecule has 1 saturated heterocycles. The lowest BCUT2D eigenvalue weighted by molar-refractivity contribution is -0.143. The van der Waals surface area contributed by atoms with Gasteiger partial charge in [-0.05, 0) is 32.3 Å². The molecule has 2 aliphatic rings. The number of carbonyl (C=O) groups is 3. The van der Waals surface area contributed by atoms with Gasteiger partial charge in [0.15, 0.2) is 16.4 Å². The van der Waals surface area contributed by atoms with E-state index in [1.54, 1.807) is 6.92 Å². The number of ether oxygens (including phenoxy) is 1. The van der Waals surface area contributed by atoms with Gasteiger partial charge in [0.1, 0.15) is 5.15 Å². The SMILES string of the molecule is Cc1nn([C@@H]2CCS(=O)(=O)C2)c(Cl)c1/C=C/C(=O)OCC(=O)NC(=O)NC1CCCC1. The molecule has 2 fully saturated rings. The molecule has 0 unspecified atom stereocenters. The van der Waals surface area contributed by atoms with Gasteiger partial charge in [-0.25, -0.2) is 22.7 Å². The van der Waals surface area contributed by atoms with Crippen molar-refractivity contribution in [1.82, 2.24) is 20.4 Å². The summed E-state index contributed by atoms with van der Waals surface area (Å²) in [5, 5.41) is 9.34. The van der Waals surface area contributed by atoms with Crippen molar-refractivity contribution < 1.29 is 27.5 Å². The fraction of sp³-hybridized carbons (Fsp3) is 0.579. The van der Waals surface area contributed by atoms with Crippen molar-refractivity contribution in [1.29, 1.82) is 0 Å². The number of hydrogen-bond acceptors (Lipinski definition) is 7. The number of aryl methyl sites for hydroxylation is 1. The Hall–Kier alpha value is -2.40. The molecule has 2 N–H and O–H groups in total. The second kappa shape index (κ2) is 9.82. The van der Waals surface area contributed by atoms with Gasteiger partial charge in [0.2, 0.25) is 0 Å². The van der Waals surface area contributed by atoms with Gasteiger partial charge >= 0.3 is 12.0 Å². The maximum absolute atomic E-state index is 11.9. The molecule has 0 bridgehead atoms. The lowest BCUT2D eigenvalue weighted by Gasteiger charge is -2.12. The number of halogens is 1. The van der Waals surface area contributed by atoms with Crippen LogP contribution in [0.25, 0.3) is 6.08 Å². The van der Waals surface area contributed by atoms with E-state index in [4.69, 9.17) is 16.3 Å². The first-order valence-corrected chi connectivity index (χ1v) is 12.2. The Bertz CT molecular complexity index is 997. The van der Waals surface area contributed by atoms with E-state index in [1.807, 2.05) is 0 Å².